The molecule has 0 radical (unpaired) electrons. The minimum atomic E-state index is 0.0189. The summed E-state index contributed by atoms with van der Waals surface area (Å²) >= 11 is 0. The number of H-pyrrole nitrogens is 1. The fourth-order valence-corrected chi connectivity index (χ4v) is 2.38. The van der Waals surface area contributed by atoms with E-state index < -0.39 is 0 Å². The van der Waals surface area contributed by atoms with Crippen molar-refractivity contribution in [2.45, 2.75) is 19.8 Å². The molecule has 2 heterocycles. The van der Waals surface area contributed by atoms with Gasteiger partial charge < -0.3 is 10.3 Å². The number of rotatable bonds is 4. The lowest BCUT2D eigenvalue weighted by Gasteiger charge is -2.05. The van der Waals surface area contributed by atoms with E-state index in [1.165, 1.54) is 0 Å². The Morgan fingerprint density at radius 1 is 1.29 bits per heavy atom. The molecular formula is C17H17N3O. The average Bonchev–Trinajstić information content (AvgIpc) is 2.85. The second-order valence-electron chi connectivity index (χ2n) is 5.16. The van der Waals surface area contributed by atoms with Gasteiger partial charge in [0.1, 0.15) is 0 Å². The molecule has 0 atom stereocenters. The molecule has 0 aliphatic heterocycles. The maximum absolute atomic E-state index is 12.0. The number of pyridine rings is 1. The van der Waals surface area contributed by atoms with Gasteiger partial charge in [-0.25, -0.2) is 0 Å². The molecule has 4 heteroatoms. The largest absolute Gasteiger partial charge is 0.359 e. The van der Waals surface area contributed by atoms with Crippen molar-refractivity contribution in [1.82, 2.24) is 9.97 Å². The molecule has 0 saturated heterocycles. The van der Waals surface area contributed by atoms with Crippen molar-refractivity contribution >= 4 is 22.5 Å². The van der Waals surface area contributed by atoms with Crippen LogP contribution in [0.1, 0.15) is 17.7 Å². The summed E-state index contributed by atoms with van der Waals surface area (Å²) in [6.07, 6.45) is 4.68. The summed E-state index contributed by atoms with van der Waals surface area (Å²) in [6.45, 7) is 2.02. The predicted octanol–water partition coefficient (Wildman–Crippen LogP) is 3.44. The van der Waals surface area contributed by atoms with E-state index in [9.17, 15) is 4.79 Å². The molecule has 0 spiro atoms. The van der Waals surface area contributed by atoms with Gasteiger partial charge in [0.25, 0.3) is 0 Å². The van der Waals surface area contributed by atoms with E-state index in [1.54, 1.807) is 12.4 Å². The number of amides is 1. The first-order valence-corrected chi connectivity index (χ1v) is 6.99. The molecule has 0 unspecified atom stereocenters. The average molecular weight is 279 g/mol. The van der Waals surface area contributed by atoms with Gasteiger partial charge in [-0.1, -0.05) is 6.07 Å². The second kappa shape index (κ2) is 5.79. The first kappa shape index (κ1) is 13.4. The van der Waals surface area contributed by atoms with Crippen molar-refractivity contribution in [2.75, 3.05) is 5.32 Å². The highest BCUT2D eigenvalue weighted by Gasteiger charge is 2.05. The number of nitrogens with one attached hydrogen (secondary N) is 2. The lowest BCUT2D eigenvalue weighted by atomic mass is 10.1. The van der Waals surface area contributed by atoms with Crippen LogP contribution in [0.3, 0.4) is 0 Å². The smallest absolute Gasteiger partial charge is 0.224 e. The molecule has 0 fully saturated rings. The van der Waals surface area contributed by atoms with Gasteiger partial charge in [0.2, 0.25) is 5.91 Å². The van der Waals surface area contributed by atoms with Gasteiger partial charge in [-0.3, -0.25) is 9.78 Å². The molecule has 0 saturated carbocycles. The molecule has 3 aromatic rings. The third-order valence-electron chi connectivity index (χ3n) is 3.40. The number of aryl methyl sites for hydroxylation is 2. The Bertz CT molecular complexity index is 762. The summed E-state index contributed by atoms with van der Waals surface area (Å²) < 4.78 is 0. The van der Waals surface area contributed by atoms with Gasteiger partial charge in [0.05, 0.1) is 0 Å². The third kappa shape index (κ3) is 3.28. The van der Waals surface area contributed by atoms with E-state index in [1.807, 2.05) is 37.3 Å². The van der Waals surface area contributed by atoms with Crippen LogP contribution < -0.4 is 5.32 Å². The molecule has 4 nitrogen and oxygen atoms in total. The molecule has 0 aliphatic rings. The molecule has 2 N–H and O–H groups in total. The molecule has 0 bridgehead atoms. The van der Waals surface area contributed by atoms with E-state index in [2.05, 4.69) is 21.4 Å². The van der Waals surface area contributed by atoms with Crippen LogP contribution in [0, 0.1) is 6.92 Å². The van der Waals surface area contributed by atoms with Gasteiger partial charge in [-0.2, -0.15) is 0 Å². The SMILES string of the molecule is Cc1cc2cc(NC(=O)CCc3cccnc3)ccc2[nH]1. The summed E-state index contributed by atoms with van der Waals surface area (Å²) in [4.78, 5) is 19.3. The number of nitrogens with zero attached hydrogens (tertiary/aromatic N) is 1. The van der Waals surface area contributed by atoms with E-state index in [0.717, 1.165) is 27.8 Å². The van der Waals surface area contributed by atoms with Gasteiger partial charge in [-0.15, -0.1) is 0 Å². The Balaban J connectivity index is 1.63. The third-order valence-corrected chi connectivity index (χ3v) is 3.40. The zero-order chi connectivity index (χ0) is 14.7. The zero-order valence-electron chi connectivity index (χ0n) is 11.9. The lowest BCUT2D eigenvalue weighted by molar-refractivity contribution is -0.116. The number of carbonyl (C=O) groups excluding carboxylic acids is 1. The zero-order valence-corrected chi connectivity index (χ0v) is 11.9. The van der Waals surface area contributed by atoms with Crippen molar-refractivity contribution in [3.8, 4) is 0 Å². The Morgan fingerprint density at radius 2 is 2.19 bits per heavy atom. The monoisotopic (exact) mass is 279 g/mol. The van der Waals surface area contributed by atoms with Gasteiger partial charge in [-0.05, 0) is 49.2 Å². The summed E-state index contributed by atoms with van der Waals surface area (Å²) in [5.41, 5.74) is 4.10. The predicted molar refractivity (Wildman–Crippen MR) is 84.2 cm³/mol. The number of aromatic nitrogens is 2. The fourth-order valence-electron chi connectivity index (χ4n) is 2.38. The number of aromatic amines is 1. The molecule has 2 aromatic heterocycles. The molecular weight excluding hydrogens is 262 g/mol. The molecule has 1 aromatic carbocycles. The highest BCUT2D eigenvalue weighted by atomic mass is 16.1. The Morgan fingerprint density at radius 3 is 3.00 bits per heavy atom. The minimum Gasteiger partial charge on any atom is -0.359 e. The van der Waals surface area contributed by atoms with Crippen LogP contribution in [0.25, 0.3) is 10.9 Å². The molecule has 106 valence electrons. The van der Waals surface area contributed by atoms with Crippen LogP contribution in [0.2, 0.25) is 0 Å². The van der Waals surface area contributed by atoms with E-state index in [-0.39, 0.29) is 5.91 Å². The molecule has 1 amide bonds. The van der Waals surface area contributed by atoms with Crippen molar-refractivity contribution in [3.63, 3.8) is 0 Å². The first-order valence-electron chi connectivity index (χ1n) is 6.99. The first-order chi connectivity index (χ1) is 10.2. The van der Waals surface area contributed by atoms with Crippen molar-refractivity contribution in [2.24, 2.45) is 0 Å². The van der Waals surface area contributed by atoms with Crippen molar-refractivity contribution in [3.05, 3.63) is 60.0 Å². The van der Waals surface area contributed by atoms with Crippen molar-refractivity contribution < 1.29 is 4.79 Å². The maximum atomic E-state index is 12.0. The second-order valence-corrected chi connectivity index (χ2v) is 5.16. The van der Waals surface area contributed by atoms with Gasteiger partial charge in [0.15, 0.2) is 0 Å². The van der Waals surface area contributed by atoms with Crippen molar-refractivity contribution in [1.29, 1.82) is 0 Å². The quantitative estimate of drug-likeness (QED) is 0.768. The van der Waals surface area contributed by atoms with Crippen LogP contribution in [0.15, 0.2) is 48.8 Å². The number of hydrogen-bond acceptors (Lipinski definition) is 2. The topological polar surface area (TPSA) is 57.8 Å². The highest BCUT2D eigenvalue weighted by molar-refractivity contribution is 5.94. The summed E-state index contributed by atoms with van der Waals surface area (Å²) in [7, 11) is 0. The number of anilines is 1. The summed E-state index contributed by atoms with van der Waals surface area (Å²) in [5.74, 6) is 0.0189. The normalized spacial score (nSPS) is 10.7. The standard InChI is InChI=1S/C17H17N3O/c1-12-9-14-10-15(5-6-16(14)19-12)20-17(21)7-4-13-3-2-8-18-11-13/h2-3,5-6,8-11,19H,4,7H2,1H3,(H,20,21). The van der Waals surface area contributed by atoms with Crippen LogP contribution in [-0.4, -0.2) is 15.9 Å². The Kier molecular flexibility index (Phi) is 3.69. The van der Waals surface area contributed by atoms with E-state index in [0.29, 0.717) is 12.8 Å². The highest BCUT2D eigenvalue weighted by Crippen LogP contribution is 2.20. The van der Waals surface area contributed by atoms with E-state index in [4.69, 9.17) is 0 Å². The molecule has 0 aliphatic carbocycles. The van der Waals surface area contributed by atoms with Crippen LogP contribution in [0.5, 0.6) is 0 Å². The van der Waals surface area contributed by atoms with Gasteiger partial charge in [0, 0.05) is 41.1 Å². The number of benzene rings is 1. The number of hydrogen-bond donors (Lipinski definition) is 2. The lowest BCUT2D eigenvalue weighted by Crippen LogP contribution is -2.12. The van der Waals surface area contributed by atoms with Crippen LogP contribution >= 0.6 is 0 Å². The number of carbonyl (C=O) groups is 1. The Hall–Kier alpha value is -2.62. The van der Waals surface area contributed by atoms with Crippen LogP contribution in [-0.2, 0) is 11.2 Å². The summed E-state index contributed by atoms with van der Waals surface area (Å²) in [5, 5.41) is 4.05. The maximum Gasteiger partial charge on any atom is 0.224 e. The van der Waals surface area contributed by atoms with E-state index >= 15 is 0 Å². The fraction of sp³-hybridized carbons (Fsp3) is 0.176. The number of fused-ring (bicyclic) bond motifs is 1. The molecule has 21 heavy (non-hydrogen) atoms. The Labute approximate surface area is 123 Å². The summed E-state index contributed by atoms with van der Waals surface area (Å²) in [6, 6.07) is 11.8. The van der Waals surface area contributed by atoms with Gasteiger partial charge >= 0.3 is 0 Å². The van der Waals surface area contributed by atoms with Crippen LogP contribution in [0.4, 0.5) is 5.69 Å². The minimum absolute atomic E-state index is 0.0189. The molecule has 3 rings (SSSR count).